The number of thiazole rings is 1. The summed E-state index contributed by atoms with van der Waals surface area (Å²) in [4.78, 5) is 27.0. The number of nitro groups is 1. The molecular formula is C21H19N3O5S. The average Bonchev–Trinajstić information content (AvgIpc) is 3.21. The van der Waals surface area contributed by atoms with E-state index in [1.54, 1.807) is 42.8 Å². The molecule has 1 amide bonds. The topological polar surface area (TPSA) is 104 Å². The van der Waals surface area contributed by atoms with Crippen molar-refractivity contribution in [2.24, 2.45) is 0 Å². The highest BCUT2D eigenvalue weighted by Crippen LogP contribution is 2.29. The van der Waals surface area contributed by atoms with Crippen molar-refractivity contribution >= 4 is 34.1 Å². The molecule has 1 heterocycles. The Kier molecular flexibility index (Phi) is 6.76. The normalized spacial score (nSPS) is 10.7. The summed E-state index contributed by atoms with van der Waals surface area (Å²) >= 11 is 1.24. The van der Waals surface area contributed by atoms with Gasteiger partial charge in [0.2, 0.25) is 5.91 Å². The fourth-order valence-corrected chi connectivity index (χ4v) is 3.35. The summed E-state index contributed by atoms with van der Waals surface area (Å²) in [5.74, 6) is 0.877. The second kappa shape index (κ2) is 9.66. The van der Waals surface area contributed by atoms with Gasteiger partial charge in [-0.05, 0) is 30.7 Å². The average molecular weight is 425 g/mol. The molecule has 1 aromatic heterocycles. The number of hydrogen-bond acceptors (Lipinski definition) is 7. The monoisotopic (exact) mass is 425 g/mol. The van der Waals surface area contributed by atoms with Gasteiger partial charge in [-0.1, -0.05) is 18.2 Å². The maximum absolute atomic E-state index is 12.2. The minimum Gasteiger partial charge on any atom is -0.493 e. The first-order chi connectivity index (χ1) is 14.5. The van der Waals surface area contributed by atoms with Crippen LogP contribution in [0.5, 0.6) is 11.5 Å². The Morgan fingerprint density at radius 2 is 2.10 bits per heavy atom. The van der Waals surface area contributed by atoms with Crippen LogP contribution in [-0.4, -0.2) is 29.5 Å². The molecule has 0 spiro atoms. The van der Waals surface area contributed by atoms with Crippen molar-refractivity contribution in [1.29, 1.82) is 0 Å². The van der Waals surface area contributed by atoms with Crippen LogP contribution in [0.1, 0.15) is 12.5 Å². The standard InChI is InChI=1S/C21H19N3O5S/c1-3-29-18-9-7-14(11-19(18)28-2)8-10-20(25)23-21-22-17(13-30-21)15-5-4-6-16(12-15)24(26)27/h4-13H,3H2,1-2H3,(H,22,23,25)/b10-8+. The first-order valence-corrected chi connectivity index (χ1v) is 9.88. The van der Waals surface area contributed by atoms with Crippen LogP contribution in [-0.2, 0) is 4.79 Å². The molecule has 0 fully saturated rings. The van der Waals surface area contributed by atoms with Gasteiger partial charge < -0.3 is 9.47 Å². The Morgan fingerprint density at radius 1 is 1.27 bits per heavy atom. The fourth-order valence-electron chi connectivity index (χ4n) is 2.62. The van der Waals surface area contributed by atoms with Gasteiger partial charge in [-0.3, -0.25) is 20.2 Å². The van der Waals surface area contributed by atoms with Crippen LogP contribution >= 0.6 is 11.3 Å². The maximum atomic E-state index is 12.2. The van der Waals surface area contributed by atoms with Crippen LogP contribution in [0.25, 0.3) is 17.3 Å². The first-order valence-electron chi connectivity index (χ1n) is 9.00. The first kappa shape index (κ1) is 21.0. The van der Waals surface area contributed by atoms with Crippen LogP contribution < -0.4 is 14.8 Å². The van der Waals surface area contributed by atoms with E-state index in [1.165, 1.54) is 29.5 Å². The van der Waals surface area contributed by atoms with E-state index in [0.29, 0.717) is 34.5 Å². The lowest BCUT2D eigenvalue weighted by Gasteiger charge is -2.09. The highest BCUT2D eigenvalue weighted by Gasteiger charge is 2.11. The van der Waals surface area contributed by atoms with Crippen molar-refractivity contribution in [3.8, 4) is 22.8 Å². The van der Waals surface area contributed by atoms with Gasteiger partial charge >= 0.3 is 0 Å². The van der Waals surface area contributed by atoms with Crippen molar-refractivity contribution in [3.05, 3.63) is 69.6 Å². The Labute approximate surface area is 176 Å². The minimum absolute atomic E-state index is 0.0141. The van der Waals surface area contributed by atoms with E-state index in [0.717, 1.165) is 5.56 Å². The van der Waals surface area contributed by atoms with E-state index in [4.69, 9.17) is 9.47 Å². The van der Waals surface area contributed by atoms with Gasteiger partial charge in [-0.2, -0.15) is 0 Å². The number of aromatic nitrogens is 1. The number of anilines is 1. The largest absolute Gasteiger partial charge is 0.493 e. The van der Waals surface area contributed by atoms with Gasteiger partial charge in [0.15, 0.2) is 16.6 Å². The van der Waals surface area contributed by atoms with E-state index in [2.05, 4.69) is 10.3 Å². The molecule has 154 valence electrons. The molecule has 1 N–H and O–H groups in total. The number of nitrogens with one attached hydrogen (secondary N) is 1. The number of methoxy groups -OCH3 is 1. The predicted octanol–water partition coefficient (Wildman–Crippen LogP) is 4.78. The summed E-state index contributed by atoms with van der Waals surface area (Å²) < 4.78 is 10.8. The second-order valence-corrected chi connectivity index (χ2v) is 6.87. The fraction of sp³-hybridized carbons (Fsp3) is 0.143. The van der Waals surface area contributed by atoms with Crippen molar-refractivity contribution in [2.75, 3.05) is 19.0 Å². The second-order valence-electron chi connectivity index (χ2n) is 6.01. The SMILES string of the molecule is CCOc1ccc(/C=C/C(=O)Nc2nc(-c3cccc([N+](=O)[O-])c3)cs2)cc1OC. The molecule has 0 aliphatic carbocycles. The summed E-state index contributed by atoms with van der Waals surface area (Å²) in [5.41, 5.74) is 1.93. The van der Waals surface area contributed by atoms with Gasteiger partial charge in [0.25, 0.3) is 5.69 Å². The zero-order chi connectivity index (χ0) is 21.5. The Bertz CT molecular complexity index is 1090. The molecule has 0 saturated carbocycles. The van der Waals surface area contributed by atoms with Gasteiger partial charge in [0.1, 0.15) is 0 Å². The third-order valence-corrected chi connectivity index (χ3v) is 4.76. The molecule has 0 atom stereocenters. The number of hydrogen-bond donors (Lipinski definition) is 1. The quantitative estimate of drug-likeness (QED) is 0.316. The summed E-state index contributed by atoms with van der Waals surface area (Å²) in [5, 5.41) is 15.7. The number of amides is 1. The van der Waals surface area contributed by atoms with E-state index in [1.807, 2.05) is 13.0 Å². The Morgan fingerprint density at radius 3 is 2.83 bits per heavy atom. The molecule has 2 aromatic carbocycles. The molecule has 0 saturated heterocycles. The molecule has 30 heavy (non-hydrogen) atoms. The highest BCUT2D eigenvalue weighted by atomic mass is 32.1. The van der Waals surface area contributed by atoms with Crippen molar-refractivity contribution < 1.29 is 19.2 Å². The third kappa shape index (κ3) is 5.21. The lowest BCUT2D eigenvalue weighted by Crippen LogP contribution is -2.07. The summed E-state index contributed by atoms with van der Waals surface area (Å²) in [6.45, 7) is 2.42. The van der Waals surface area contributed by atoms with Crippen LogP contribution in [0.3, 0.4) is 0 Å². The number of ether oxygens (including phenoxy) is 2. The Balaban J connectivity index is 1.67. The van der Waals surface area contributed by atoms with Gasteiger partial charge in [0, 0.05) is 29.2 Å². The van der Waals surface area contributed by atoms with E-state index < -0.39 is 4.92 Å². The molecule has 0 unspecified atom stereocenters. The number of non-ortho nitro benzene ring substituents is 1. The van der Waals surface area contributed by atoms with Crippen molar-refractivity contribution in [3.63, 3.8) is 0 Å². The number of carbonyl (C=O) groups excluding carboxylic acids is 1. The van der Waals surface area contributed by atoms with E-state index in [9.17, 15) is 14.9 Å². The number of carbonyl (C=O) groups is 1. The molecular weight excluding hydrogens is 406 g/mol. The molecule has 3 aromatic rings. The van der Waals surface area contributed by atoms with Crippen molar-refractivity contribution in [1.82, 2.24) is 4.98 Å². The molecule has 0 radical (unpaired) electrons. The van der Waals surface area contributed by atoms with E-state index >= 15 is 0 Å². The molecule has 0 bridgehead atoms. The number of rotatable bonds is 8. The number of nitrogens with zero attached hydrogens (tertiary/aromatic N) is 2. The summed E-state index contributed by atoms with van der Waals surface area (Å²) in [6.07, 6.45) is 3.05. The third-order valence-electron chi connectivity index (χ3n) is 4.00. The van der Waals surface area contributed by atoms with Gasteiger partial charge in [-0.25, -0.2) is 4.98 Å². The van der Waals surface area contributed by atoms with Crippen molar-refractivity contribution in [2.45, 2.75) is 6.92 Å². The zero-order valence-electron chi connectivity index (χ0n) is 16.3. The van der Waals surface area contributed by atoms with Crippen LogP contribution in [0, 0.1) is 10.1 Å². The van der Waals surface area contributed by atoms with Crippen LogP contribution in [0.15, 0.2) is 53.9 Å². The molecule has 3 rings (SSSR count). The lowest BCUT2D eigenvalue weighted by molar-refractivity contribution is -0.384. The van der Waals surface area contributed by atoms with Gasteiger partial charge in [0.05, 0.1) is 24.3 Å². The predicted molar refractivity (Wildman–Crippen MR) is 116 cm³/mol. The zero-order valence-corrected chi connectivity index (χ0v) is 17.1. The molecule has 8 nitrogen and oxygen atoms in total. The molecule has 0 aliphatic rings. The maximum Gasteiger partial charge on any atom is 0.270 e. The molecule has 9 heteroatoms. The summed E-state index contributed by atoms with van der Waals surface area (Å²) in [6, 6.07) is 11.6. The molecule has 0 aliphatic heterocycles. The van der Waals surface area contributed by atoms with Crippen LogP contribution in [0.2, 0.25) is 0 Å². The highest BCUT2D eigenvalue weighted by molar-refractivity contribution is 7.14. The summed E-state index contributed by atoms with van der Waals surface area (Å²) in [7, 11) is 1.56. The Hall–Kier alpha value is -3.72. The van der Waals surface area contributed by atoms with Crippen LogP contribution in [0.4, 0.5) is 10.8 Å². The minimum atomic E-state index is -0.459. The lowest BCUT2D eigenvalue weighted by atomic mass is 10.1. The van der Waals surface area contributed by atoms with E-state index in [-0.39, 0.29) is 11.6 Å². The van der Waals surface area contributed by atoms with Gasteiger partial charge in [-0.15, -0.1) is 11.3 Å². The number of benzene rings is 2. The number of nitro benzene ring substituents is 1. The smallest absolute Gasteiger partial charge is 0.270 e.